The van der Waals surface area contributed by atoms with Gasteiger partial charge in [-0.3, -0.25) is 14.7 Å². The van der Waals surface area contributed by atoms with Gasteiger partial charge in [0.1, 0.15) is 5.82 Å². The number of aromatic nitrogens is 3. The Morgan fingerprint density at radius 2 is 1.70 bits per heavy atom. The molecular formula is C24H27N5O. The Morgan fingerprint density at radius 3 is 2.47 bits per heavy atom. The van der Waals surface area contributed by atoms with Crippen molar-refractivity contribution in [2.45, 2.75) is 38.8 Å². The molecule has 3 aromatic rings. The number of anilines is 1. The summed E-state index contributed by atoms with van der Waals surface area (Å²) in [5.74, 6) is 0.628. The van der Waals surface area contributed by atoms with Gasteiger partial charge in [-0.05, 0) is 49.1 Å². The largest absolute Gasteiger partial charge is 0.372 e. The molecule has 0 unspecified atom stereocenters. The van der Waals surface area contributed by atoms with Crippen LogP contribution in [0.1, 0.15) is 36.1 Å². The van der Waals surface area contributed by atoms with Crippen molar-refractivity contribution >= 4 is 5.69 Å². The van der Waals surface area contributed by atoms with Crippen LogP contribution < -0.4 is 10.5 Å². The Hall–Kier alpha value is -2.99. The minimum absolute atomic E-state index is 0.0306. The number of benzene rings is 1. The second-order valence-corrected chi connectivity index (χ2v) is 8.25. The van der Waals surface area contributed by atoms with Crippen LogP contribution >= 0.6 is 0 Å². The lowest BCUT2D eigenvalue weighted by Crippen LogP contribution is -2.35. The summed E-state index contributed by atoms with van der Waals surface area (Å²) < 4.78 is 0. The van der Waals surface area contributed by atoms with Crippen LogP contribution in [-0.2, 0) is 19.5 Å². The fraction of sp³-hybridized carbons (Fsp3) is 0.375. The topological polar surface area (TPSA) is 65.1 Å². The van der Waals surface area contributed by atoms with Gasteiger partial charge in [0.05, 0.1) is 11.3 Å². The standard InChI is InChI=1S/C24H27N5O/c30-24-21-17-28(15-10-22(21)26-23(27-24)19-8-11-25-12-9-19)16-18-4-6-20(7-5-18)29-13-2-1-3-14-29/h4-9,11-12H,1-3,10,13-17H2,(H,26,27,30). The summed E-state index contributed by atoms with van der Waals surface area (Å²) in [6.45, 7) is 4.74. The second kappa shape index (κ2) is 8.40. The zero-order chi connectivity index (χ0) is 20.3. The number of piperidine rings is 1. The number of nitrogens with one attached hydrogen (secondary N) is 1. The molecule has 0 bridgehead atoms. The number of nitrogens with zero attached hydrogens (tertiary/aromatic N) is 4. The zero-order valence-corrected chi connectivity index (χ0v) is 17.2. The van der Waals surface area contributed by atoms with Gasteiger partial charge < -0.3 is 9.88 Å². The van der Waals surface area contributed by atoms with Crippen molar-refractivity contribution < 1.29 is 0 Å². The summed E-state index contributed by atoms with van der Waals surface area (Å²) in [5.41, 5.74) is 5.19. The van der Waals surface area contributed by atoms with Gasteiger partial charge in [-0.25, -0.2) is 4.98 Å². The van der Waals surface area contributed by atoms with E-state index in [1.807, 2.05) is 12.1 Å². The highest BCUT2D eigenvalue weighted by atomic mass is 16.1. The Labute approximate surface area is 176 Å². The molecule has 0 aliphatic carbocycles. The first-order valence-corrected chi connectivity index (χ1v) is 10.8. The third-order valence-electron chi connectivity index (χ3n) is 6.17. The molecular weight excluding hydrogens is 374 g/mol. The van der Waals surface area contributed by atoms with Crippen LogP contribution in [0.4, 0.5) is 5.69 Å². The van der Waals surface area contributed by atoms with Gasteiger partial charge in [0, 0.05) is 62.8 Å². The van der Waals surface area contributed by atoms with Crippen molar-refractivity contribution in [2.24, 2.45) is 0 Å². The van der Waals surface area contributed by atoms with Gasteiger partial charge in [0.15, 0.2) is 0 Å². The molecule has 6 heteroatoms. The number of hydrogen-bond donors (Lipinski definition) is 1. The van der Waals surface area contributed by atoms with Crippen LogP contribution in [0.2, 0.25) is 0 Å². The van der Waals surface area contributed by atoms with Crippen LogP contribution in [0.25, 0.3) is 11.4 Å². The fourth-order valence-corrected chi connectivity index (χ4v) is 4.48. The molecule has 2 aromatic heterocycles. The molecule has 0 atom stereocenters. The van der Waals surface area contributed by atoms with E-state index in [0.29, 0.717) is 12.4 Å². The lowest BCUT2D eigenvalue weighted by molar-refractivity contribution is 0.242. The first-order chi connectivity index (χ1) is 14.8. The van der Waals surface area contributed by atoms with Crippen molar-refractivity contribution in [2.75, 3.05) is 24.5 Å². The number of rotatable bonds is 4. The number of H-pyrrole nitrogens is 1. The van der Waals surface area contributed by atoms with Gasteiger partial charge in [0.2, 0.25) is 0 Å². The predicted molar refractivity (Wildman–Crippen MR) is 118 cm³/mol. The summed E-state index contributed by atoms with van der Waals surface area (Å²) in [6, 6.07) is 12.7. The van der Waals surface area contributed by atoms with Crippen molar-refractivity contribution in [3.63, 3.8) is 0 Å². The summed E-state index contributed by atoms with van der Waals surface area (Å²) in [7, 11) is 0. The van der Waals surface area contributed by atoms with Crippen molar-refractivity contribution in [1.82, 2.24) is 19.9 Å². The molecule has 154 valence electrons. The van der Waals surface area contributed by atoms with E-state index in [4.69, 9.17) is 4.98 Å². The van der Waals surface area contributed by atoms with E-state index < -0.39 is 0 Å². The molecule has 6 nitrogen and oxygen atoms in total. The molecule has 1 aromatic carbocycles. The Kier molecular flexibility index (Phi) is 5.32. The average Bonchev–Trinajstić information content (AvgIpc) is 2.81. The summed E-state index contributed by atoms with van der Waals surface area (Å²) in [6.07, 6.45) is 8.16. The van der Waals surface area contributed by atoms with E-state index in [9.17, 15) is 4.79 Å². The van der Waals surface area contributed by atoms with Crippen molar-refractivity contribution in [1.29, 1.82) is 0 Å². The number of hydrogen-bond acceptors (Lipinski definition) is 5. The molecule has 0 spiro atoms. The molecule has 0 saturated carbocycles. The molecule has 1 fully saturated rings. The van der Waals surface area contributed by atoms with Gasteiger partial charge in [-0.15, -0.1) is 0 Å². The van der Waals surface area contributed by atoms with Crippen LogP contribution in [-0.4, -0.2) is 39.5 Å². The van der Waals surface area contributed by atoms with Crippen LogP contribution in [0, 0.1) is 0 Å². The third-order valence-corrected chi connectivity index (χ3v) is 6.17. The maximum absolute atomic E-state index is 12.7. The Bertz CT molecular complexity index is 1060. The number of aromatic amines is 1. The lowest BCUT2D eigenvalue weighted by atomic mass is 10.0. The molecule has 1 N–H and O–H groups in total. The lowest BCUT2D eigenvalue weighted by Gasteiger charge is -2.30. The monoisotopic (exact) mass is 401 g/mol. The highest BCUT2D eigenvalue weighted by Crippen LogP contribution is 2.23. The number of fused-ring (bicyclic) bond motifs is 1. The SMILES string of the molecule is O=c1[nH]c(-c2ccncc2)nc2c1CN(Cc1ccc(N3CCCCC3)cc1)CC2. The molecule has 5 rings (SSSR count). The van der Waals surface area contributed by atoms with Crippen molar-refractivity contribution in [3.05, 3.63) is 76.0 Å². The van der Waals surface area contributed by atoms with Crippen LogP contribution in [0.15, 0.2) is 53.6 Å². The van der Waals surface area contributed by atoms with Gasteiger partial charge in [0.25, 0.3) is 5.56 Å². The van der Waals surface area contributed by atoms with Crippen molar-refractivity contribution in [3.8, 4) is 11.4 Å². The molecule has 4 heterocycles. The average molecular weight is 402 g/mol. The van der Waals surface area contributed by atoms with Gasteiger partial charge >= 0.3 is 0 Å². The molecule has 2 aliphatic heterocycles. The summed E-state index contributed by atoms with van der Waals surface area (Å²) >= 11 is 0. The van der Waals surface area contributed by atoms with E-state index in [0.717, 1.165) is 36.3 Å². The third kappa shape index (κ3) is 4.00. The maximum Gasteiger partial charge on any atom is 0.255 e. The summed E-state index contributed by atoms with van der Waals surface area (Å²) in [5, 5.41) is 0. The second-order valence-electron chi connectivity index (χ2n) is 8.25. The minimum atomic E-state index is -0.0306. The smallest absolute Gasteiger partial charge is 0.255 e. The quantitative estimate of drug-likeness (QED) is 0.726. The fourth-order valence-electron chi connectivity index (χ4n) is 4.48. The number of pyridine rings is 1. The first-order valence-electron chi connectivity index (χ1n) is 10.8. The minimum Gasteiger partial charge on any atom is -0.372 e. The molecule has 0 amide bonds. The van der Waals surface area contributed by atoms with Gasteiger partial charge in [-0.2, -0.15) is 0 Å². The maximum atomic E-state index is 12.7. The molecule has 0 radical (unpaired) electrons. The van der Waals surface area contributed by atoms with E-state index >= 15 is 0 Å². The van der Waals surface area contributed by atoms with Crippen LogP contribution in [0.5, 0.6) is 0 Å². The highest BCUT2D eigenvalue weighted by molar-refractivity contribution is 5.54. The van der Waals surface area contributed by atoms with E-state index in [1.54, 1.807) is 12.4 Å². The molecule has 30 heavy (non-hydrogen) atoms. The van der Waals surface area contributed by atoms with E-state index in [-0.39, 0.29) is 5.56 Å². The van der Waals surface area contributed by atoms with E-state index in [2.05, 4.69) is 44.0 Å². The summed E-state index contributed by atoms with van der Waals surface area (Å²) in [4.78, 5) is 29.3. The van der Waals surface area contributed by atoms with Crippen LogP contribution in [0.3, 0.4) is 0 Å². The Morgan fingerprint density at radius 1 is 0.933 bits per heavy atom. The zero-order valence-electron chi connectivity index (χ0n) is 17.2. The van der Waals surface area contributed by atoms with E-state index in [1.165, 1.54) is 43.6 Å². The first kappa shape index (κ1) is 19.0. The molecule has 2 aliphatic rings. The predicted octanol–water partition coefficient (Wildman–Crippen LogP) is 3.38. The Balaban J connectivity index is 1.28. The normalized spacial score (nSPS) is 17.0. The molecule has 1 saturated heterocycles. The van der Waals surface area contributed by atoms with Gasteiger partial charge in [-0.1, -0.05) is 12.1 Å². The highest BCUT2D eigenvalue weighted by Gasteiger charge is 2.21.